The van der Waals surface area contributed by atoms with Gasteiger partial charge in [-0.25, -0.2) is 0 Å². The Morgan fingerprint density at radius 1 is 1.55 bits per heavy atom. The Balaban J connectivity index is 0.000000218. The van der Waals surface area contributed by atoms with Crippen molar-refractivity contribution >= 4 is 29.2 Å². The van der Waals surface area contributed by atoms with Crippen molar-refractivity contribution in [3.8, 4) is 0 Å². The molecule has 5 heteroatoms. The van der Waals surface area contributed by atoms with Crippen molar-refractivity contribution in [2.45, 2.75) is 30.2 Å². The molecule has 0 spiro atoms. The Kier molecular flexibility index (Phi) is 3.17. The van der Waals surface area contributed by atoms with E-state index >= 15 is 0 Å². The van der Waals surface area contributed by atoms with E-state index in [1.807, 2.05) is 0 Å². The summed E-state index contributed by atoms with van der Waals surface area (Å²) >= 11 is 10.9. The monoisotopic (exact) mass is 200 g/mol. The summed E-state index contributed by atoms with van der Waals surface area (Å²) in [5.74, 6) is -0.833. The molecular weight excluding hydrogens is 191 g/mol. The first kappa shape index (κ1) is 11.0. The zero-order valence-electron chi connectivity index (χ0n) is 6.27. The molecule has 0 bridgehead atoms. The van der Waals surface area contributed by atoms with Crippen molar-refractivity contribution < 1.29 is 15.0 Å². The fraction of sp³-hybridized carbons (Fsp3) is 0.833. The van der Waals surface area contributed by atoms with Gasteiger partial charge in [0.1, 0.15) is 4.33 Å². The highest BCUT2D eigenvalue weighted by molar-refractivity contribution is 6.51. The molecule has 1 aliphatic rings. The van der Waals surface area contributed by atoms with Crippen LogP contribution in [0.15, 0.2) is 0 Å². The minimum Gasteiger partial charge on any atom is -0.481 e. The van der Waals surface area contributed by atoms with E-state index in [2.05, 4.69) is 0 Å². The quantitative estimate of drug-likeness (QED) is 0.582. The first-order valence-corrected chi connectivity index (χ1v) is 3.74. The third-order valence-electron chi connectivity index (χ3n) is 1.23. The molecule has 66 valence electrons. The highest BCUT2D eigenvalue weighted by Crippen LogP contribution is 2.56. The van der Waals surface area contributed by atoms with Gasteiger partial charge in [-0.3, -0.25) is 4.79 Å². The highest BCUT2D eigenvalue weighted by Gasteiger charge is 2.62. The molecule has 0 aromatic carbocycles. The number of alkyl halides is 2. The van der Waals surface area contributed by atoms with Crippen molar-refractivity contribution in [3.05, 3.63) is 0 Å². The van der Waals surface area contributed by atoms with Crippen LogP contribution in [0, 0.1) is 0 Å². The molecule has 3 nitrogen and oxygen atoms in total. The second-order valence-corrected chi connectivity index (χ2v) is 4.16. The van der Waals surface area contributed by atoms with Gasteiger partial charge in [0.2, 0.25) is 0 Å². The largest absolute Gasteiger partial charge is 0.481 e. The van der Waals surface area contributed by atoms with E-state index in [-0.39, 0.29) is 0 Å². The zero-order chi connectivity index (χ0) is 9.28. The van der Waals surface area contributed by atoms with Gasteiger partial charge in [0.05, 0.1) is 5.60 Å². The van der Waals surface area contributed by atoms with Gasteiger partial charge in [0, 0.05) is 13.3 Å². The number of hydrogen-bond acceptors (Lipinski definition) is 2. The molecule has 1 aliphatic carbocycles. The molecule has 0 aliphatic heterocycles. The van der Waals surface area contributed by atoms with Crippen LogP contribution in [-0.4, -0.2) is 26.1 Å². The third-order valence-corrected chi connectivity index (χ3v) is 2.31. The van der Waals surface area contributed by atoms with Gasteiger partial charge in [-0.15, -0.1) is 0 Å². The number of rotatable bonds is 0. The molecular formula is C6H10Cl2O3. The standard InChI is InChI=1S/C4H6Cl2O.C2H4O2/c1-3(7)2-4(3,5)6;1-2(3)4/h7H,2H2,1H3;1H3,(H,3,4). The molecule has 1 rings (SSSR count). The fourth-order valence-electron chi connectivity index (χ4n) is 0.388. The van der Waals surface area contributed by atoms with Crippen LogP contribution in [-0.2, 0) is 4.79 Å². The molecule has 0 aromatic rings. The number of hydrogen-bond donors (Lipinski definition) is 2. The minimum atomic E-state index is -0.854. The summed E-state index contributed by atoms with van der Waals surface area (Å²) in [5, 5.41) is 16.3. The van der Waals surface area contributed by atoms with Gasteiger partial charge in [-0.05, 0) is 6.92 Å². The molecule has 1 unspecified atom stereocenters. The van der Waals surface area contributed by atoms with Crippen LogP contribution >= 0.6 is 23.2 Å². The maximum Gasteiger partial charge on any atom is 0.300 e. The van der Waals surface area contributed by atoms with Crippen molar-refractivity contribution in [2.24, 2.45) is 0 Å². The summed E-state index contributed by atoms with van der Waals surface area (Å²) < 4.78 is -0.854. The van der Waals surface area contributed by atoms with E-state index in [0.717, 1.165) is 6.92 Å². The number of aliphatic hydroxyl groups is 1. The molecule has 0 amide bonds. The van der Waals surface area contributed by atoms with Gasteiger partial charge in [0.15, 0.2) is 0 Å². The van der Waals surface area contributed by atoms with E-state index in [1.54, 1.807) is 6.92 Å². The van der Waals surface area contributed by atoms with Crippen molar-refractivity contribution in [1.29, 1.82) is 0 Å². The van der Waals surface area contributed by atoms with Crippen LogP contribution in [0.4, 0.5) is 0 Å². The number of carboxylic acid groups (broad SMARTS) is 1. The molecule has 1 atom stereocenters. The predicted octanol–water partition coefficient (Wildman–Crippen LogP) is 1.41. The molecule has 0 heterocycles. The molecule has 0 saturated heterocycles. The maximum absolute atomic E-state index is 9.00. The molecule has 0 aromatic heterocycles. The Bertz CT molecular complexity index is 149. The van der Waals surface area contributed by atoms with Gasteiger partial charge in [-0.1, -0.05) is 23.2 Å². The topological polar surface area (TPSA) is 57.5 Å². The van der Waals surface area contributed by atoms with Crippen LogP contribution in [0.5, 0.6) is 0 Å². The van der Waals surface area contributed by atoms with E-state index < -0.39 is 15.9 Å². The fourth-order valence-corrected chi connectivity index (χ4v) is 0.909. The summed E-state index contributed by atoms with van der Waals surface area (Å²) in [6.07, 6.45) is 0.489. The first-order valence-electron chi connectivity index (χ1n) is 2.99. The third kappa shape index (κ3) is 3.79. The zero-order valence-corrected chi connectivity index (χ0v) is 7.78. The van der Waals surface area contributed by atoms with Gasteiger partial charge in [0.25, 0.3) is 5.97 Å². The molecule has 0 radical (unpaired) electrons. The highest BCUT2D eigenvalue weighted by atomic mass is 35.5. The average molecular weight is 201 g/mol. The minimum absolute atomic E-state index is 0.489. The normalized spacial score (nSPS) is 31.7. The second-order valence-electron chi connectivity index (χ2n) is 2.67. The Labute approximate surface area is 74.9 Å². The van der Waals surface area contributed by atoms with Crippen LogP contribution in [0.1, 0.15) is 20.3 Å². The van der Waals surface area contributed by atoms with E-state index in [4.69, 9.17) is 38.2 Å². The second kappa shape index (κ2) is 3.17. The van der Waals surface area contributed by atoms with Crippen LogP contribution in [0.2, 0.25) is 0 Å². The van der Waals surface area contributed by atoms with Crippen molar-refractivity contribution in [2.75, 3.05) is 0 Å². The molecule has 1 fully saturated rings. The number of aliphatic carboxylic acids is 1. The molecule has 2 N–H and O–H groups in total. The lowest BCUT2D eigenvalue weighted by Gasteiger charge is -1.98. The van der Waals surface area contributed by atoms with Gasteiger partial charge in [-0.2, -0.15) is 0 Å². The van der Waals surface area contributed by atoms with E-state index in [9.17, 15) is 0 Å². The molecule has 11 heavy (non-hydrogen) atoms. The first-order chi connectivity index (χ1) is 4.69. The lowest BCUT2D eigenvalue weighted by atomic mass is 10.4. The van der Waals surface area contributed by atoms with Gasteiger partial charge < -0.3 is 10.2 Å². The summed E-state index contributed by atoms with van der Waals surface area (Å²) in [6.45, 7) is 2.70. The summed E-state index contributed by atoms with van der Waals surface area (Å²) in [6, 6.07) is 0. The number of halogens is 2. The average Bonchev–Trinajstić information content (AvgIpc) is 1.98. The Morgan fingerprint density at radius 2 is 1.64 bits per heavy atom. The van der Waals surface area contributed by atoms with E-state index in [0.29, 0.717) is 6.42 Å². The summed E-state index contributed by atoms with van der Waals surface area (Å²) in [7, 11) is 0. The SMILES string of the molecule is CC(=O)O.CC1(O)CC1(Cl)Cl. The summed E-state index contributed by atoms with van der Waals surface area (Å²) in [5.41, 5.74) is -0.823. The van der Waals surface area contributed by atoms with Crippen molar-refractivity contribution in [1.82, 2.24) is 0 Å². The predicted molar refractivity (Wildman–Crippen MR) is 43.0 cm³/mol. The Morgan fingerprint density at radius 3 is 1.64 bits per heavy atom. The van der Waals surface area contributed by atoms with Gasteiger partial charge >= 0.3 is 0 Å². The number of carboxylic acids is 1. The van der Waals surface area contributed by atoms with Crippen LogP contribution in [0.25, 0.3) is 0 Å². The van der Waals surface area contributed by atoms with Crippen LogP contribution in [0.3, 0.4) is 0 Å². The smallest absolute Gasteiger partial charge is 0.300 e. The Hall–Kier alpha value is 0.01000. The molecule has 1 saturated carbocycles. The lowest BCUT2D eigenvalue weighted by molar-refractivity contribution is -0.134. The summed E-state index contributed by atoms with van der Waals surface area (Å²) in [4.78, 5) is 9.00. The van der Waals surface area contributed by atoms with Crippen molar-refractivity contribution in [3.63, 3.8) is 0 Å². The lowest BCUT2D eigenvalue weighted by Crippen LogP contribution is -2.08. The maximum atomic E-state index is 9.00. The van der Waals surface area contributed by atoms with Crippen LogP contribution < -0.4 is 0 Å². The number of carbonyl (C=O) groups is 1. The van der Waals surface area contributed by atoms with E-state index in [1.165, 1.54) is 0 Å².